The topological polar surface area (TPSA) is 75.4 Å². The Kier molecular flexibility index (Phi) is 4.71. The summed E-state index contributed by atoms with van der Waals surface area (Å²) < 4.78 is 2.76. The minimum atomic E-state index is -0.847. The third-order valence-corrected chi connectivity index (χ3v) is 5.02. The van der Waals surface area contributed by atoms with Crippen LogP contribution in [0.15, 0.2) is 41.3 Å². The Morgan fingerprint density at radius 1 is 1.29 bits per heavy atom. The summed E-state index contributed by atoms with van der Waals surface area (Å²) >= 11 is 3.39. The van der Waals surface area contributed by atoms with Gasteiger partial charge < -0.3 is 14.6 Å². The molecule has 1 aromatic heterocycles. The molecule has 0 unspecified atom stereocenters. The van der Waals surface area contributed by atoms with Crippen LogP contribution in [0.4, 0.5) is 0 Å². The van der Waals surface area contributed by atoms with E-state index in [1.807, 2.05) is 24.3 Å². The van der Waals surface area contributed by atoms with Gasteiger partial charge in [0.25, 0.3) is 5.91 Å². The molecule has 2 heterocycles. The van der Waals surface area contributed by atoms with E-state index in [1.165, 1.54) is 0 Å². The molecule has 1 amide bonds. The van der Waals surface area contributed by atoms with E-state index >= 15 is 0 Å². The number of benzene rings is 1. The highest BCUT2D eigenvalue weighted by molar-refractivity contribution is 9.10. The molecule has 0 radical (unpaired) electrons. The molecular weight excluding hydrogens is 374 g/mol. The molecule has 2 atom stereocenters. The van der Waals surface area contributed by atoms with Crippen LogP contribution < -0.4 is 0 Å². The van der Waals surface area contributed by atoms with E-state index in [2.05, 4.69) is 20.9 Å². The van der Waals surface area contributed by atoms with E-state index in [-0.39, 0.29) is 11.9 Å². The van der Waals surface area contributed by atoms with Gasteiger partial charge in [-0.15, -0.1) is 0 Å². The molecule has 1 saturated heterocycles. The molecule has 1 aliphatic heterocycles. The van der Waals surface area contributed by atoms with E-state index in [1.54, 1.807) is 28.9 Å². The SMILES string of the molecule is C[C@@H]1[C@H](C(=O)O)CCCN1C(=O)c1cn(-c2ccc(Br)cc2)cn1. The first-order chi connectivity index (χ1) is 11.5. The Labute approximate surface area is 148 Å². The van der Waals surface area contributed by atoms with Gasteiger partial charge in [-0.25, -0.2) is 4.98 Å². The highest BCUT2D eigenvalue weighted by Gasteiger charge is 2.36. The summed E-state index contributed by atoms with van der Waals surface area (Å²) in [4.78, 5) is 29.9. The van der Waals surface area contributed by atoms with Gasteiger partial charge in [-0.05, 0) is 44.0 Å². The fourth-order valence-electron chi connectivity index (χ4n) is 3.09. The van der Waals surface area contributed by atoms with Crippen molar-refractivity contribution < 1.29 is 14.7 Å². The van der Waals surface area contributed by atoms with E-state index in [9.17, 15) is 14.7 Å². The van der Waals surface area contributed by atoms with E-state index in [0.29, 0.717) is 25.1 Å². The number of piperidine rings is 1. The minimum absolute atomic E-state index is 0.218. The monoisotopic (exact) mass is 391 g/mol. The lowest BCUT2D eigenvalue weighted by Crippen LogP contribution is -2.49. The predicted octanol–water partition coefficient (Wildman–Crippen LogP) is 2.96. The number of likely N-dealkylation sites (tertiary alicyclic amines) is 1. The summed E-state index contributed by atoms with van der Waals surface area (Å²) in [6.45, 7) is 2.36. The molecule has 1 aliphatic rings. The molecule has 126 valence electrons. The largest absolute Gasteiger partial charge is 0.481 e. The maximum Gasteiger partial charge on any atom is 0.308 e. The number of hydrogen-bond acceptors (Lipinski definition) is 3. The van der Waals surface area contributed by atoms with Crippen molar-refractivity contribution in [3.05, 3.63) is 47.0 Å². The van der Waals surface area contributed by atoms with Crippen LogP contribution in [0, 0.1) is 5.92 Å². The lowest BCUT2D eigenvalue weighted by Gasteiger charge is -2.37. The van der Waals surface area contributed by atoms with Gasteiger partial charge in [0.2, 0.25) is 0 Å². The van der Waals surface area contributed by atoms with Crippen LogP contribution in [-0.4, -0.2) is 44.0 Å². The number of halogens is 1. The smallest absolute Gasteiger partial charge is 0.308 e. The average Bonchev–Trinajstić information content (AvgIpc) is 3.05. The molecule has 24 heavy (non-hydrogen) atoms. The highest BCUT2D eigenvalue weighted by atomic mass is 79.9. The Balaban J connectivity index is 1.80. The van der Waals surface area contributed by atoms with Crippen LogP contribution in [0.5, 0.6) is 0 Å². The Hall–Kier alpha value is -2.15. The van der Waals surface area contributed by atoms with Gasteiger partial charge in [0, 0.05) is 28.9 Å². The van der Waals surface area contributed by atoms with Crippen molar-refractivity contribution in [2.24, 2.45) is 5.92 Å². The Morgan fingerprint density at radius 2 is 2.00 bits per heavy atom. The van der Waals surface area contributed by atoms with E-state index < -0.39 is 11.9 Å². The van der Waals surface area contributed by atoms with Gasteiger partial charge in [-0.3, -0.25) is 9.59 Å². The number of carbonyl (C=O) groups excluding carboxylic acids is 1. The number of amides is 1. The van der Waals surface area contributed by atoms with Crippen LogP contribution in [0.3, 0.4) is 0 Å². The van der Waals surface area contributed by atoms with Crippen molar-refractivity contribution in [3.63, 3.8) is 0 Å². The quantitative estimate of drug-likeness (QED) is 0.872. The molecule has 3 rings (SSSR count). The Morgan fingerprint density at radius 3 is 2.67 bits per heavy atom. The molecule has 0 aliphatic carbocycles. The van der Waals surface area contributed by atoms with Crippen LogP contribution in [-0.2, 0) is 4.79 Å². The molecule has 0 saturated carbocycles. The number of carboxylic acid groups (broad SMARTS) is 1. The summed E-state index contributed by atoms with van der Waals surface area (Å²) in [6.07, 6.45) is 4.58. The third kappa shape index (κ3) is 3.21. The number of rotatable bonds is 3. The highest BCUT2D eigenvalue weighted by Crippen LogP contribution is 2.25. The van der Waals surface area contributed by atoms with Crippen molar-refractivity contribution in [1.29, 1.82) is 0 Å². The number of imidazole rings is 1. The van der Waals surface area contributed by atoms with Gasteiger partial charge in [0.15, 0.2) is 0 Å². The fraction of sp³-hybridized carbons (Fsp3) is 0.353. The minimum Gasteiger partial charge on any atom is -0.481 e. The van der Waals surface area contributed by atoms with Crippen molar-refractivity contribution in [2.45, 2.75) is 25.8 Å². The lowest BCUT2D eigenvalue weighted by atomic mass is 9.90. The molecule has 1 fully saturated rings. The maximum atomic E-state index is 12.7. The molecule has 2 aromatic rings. The van der Waals surface area contributed by atoms with Gasteiger partial charge in [0.1, 0.15) is 12.0 Å². The number of aromatic nitrogens is 2. The van der Waals surface area contributed by atoms with Gasteiger partial charge >= 0.3 is 5.97 Å². The van der Waals surface area contributed by atoms with Crippen molar-refractivity contribution in [3.8, 4) is 5.69 Å². The van der Waals surface area contributed by atoms with E-state index in [0.717, 1.165) is 10.2 Å². The molecule has 0 spiro atoms. The maximum absolute atomic E-state index is 12.7. The summed E-state index contributed by atoms with van der Waals surface area (Å²) in [6, 6.07) is 7.34. The second kappa shape index (κ2) is 6.76. The predicted molar refractivity (Wildman–Crippen MR) is 92.1 cm³/mol. The van der Waals surface area contributed by atoms with E-state index in [4.69, 9.17) is 0 Å². The summed E-state index contributed by atoms with van der Waals surface area (Å²) in [5.74, 6) is -1.58. The summed E-state index contributed by atoms with van der Waals surface area (Å²) in [7, 11) is 0. The number of hydrogen-bond donors (Lipinski definition) is 1. The van der Waals surface area contributed by atoms with Crippen LogP contribution >= 0.6 is 15.9 Å². The summed E-state index contributed by atoms with van der Waals surface area (Å²) in [5.41, 5.74) is 1.23. The number of aliphatic carboxylic acids is 1. The van der Waals surface area contributed by atoms with Crippen LogP contribution in [0.2, 0.25) is 0 Å². The first-order valence-corrected chi connectivity index (χ1v) is 8.60. The zero-order valence-corrected chi connectivity index (χ0v) is 14.8. The number of carbonyl (C=O) groups is 2. The van der Waals surface area contributed by atoms with Crippen molar-refractivity contribution in [2.75, 3.05) is 6.54 Å². The Bertz CT molecular complexity index is 757. The normalized spacial score (nSPS) is 20.8. The lowest BCUT2D eigenvalue weighted by molar-refractivity contribution is -0.144. The zero-order valence-electron chi connectivity index (χ0n) is 13.2. The zero-order chi connectivity index (χ0) is 17.3. The fourth-order valence-corrected chi connectivity index (χ4v) is 3.36. The molecule has 1 aromatic carbocycles. The molecule has 1 N–H and O–H groups in total. The van der Waals surface area contributed by atoms with Gasteiger partial charge in [-0.2, -0.15) is 0 Å². The second-order valence-corrected chi connectivity index (χ2v) is 6.88. The molecule has 7 heteroatoms. The molecule has 6 nitrogen and oxygen atoms in total. The molecular formula is C17H18BrN3O3. The summed E-state index contributed by atoms with van der Waals surface area (Å²) in [5, 5.41) is 9.29. The first kappa shape index (κ1) is 16.7. The first-order valence-electron chi connectivity index (χ1n) is 7.81. The molecule has 0 bridgehead atoms. The van der Waals surface area contributed by atoms with Crippen LogP contribution in [0.1, 0.15) is 30.3 Å². The second-order valence-electron chi connectivity index (χ2n) is 5.97. The van der Waals surface area contributed by atoms with Crippen molar-refractivity contribution >= 4 is 27.8 Å². The average molecular weight is 392 g/mol. The number of nitrogens with zero attached hydrogens (tertiary/aromatic N) is 3. The third-order valence-electron chi connectivity index (χ3n) is 4.49. The van der Waals surface area contributed by atoms with Gasteiger partial charge in [-0.1, -0.05) is 15.9 Å². The standard InChI is InChI=1S/C17H18BrN3O3/c1-11-14(17(23)24)3-2-8-21(11)16(22)15-9-20(10-19-15)13-6-4-12(18)5-7-13/h4-7,9-11,14H,2-3,8H2,1H3,(H,23,24)/t11-,14-/m1/s1. The van der Waals surface area contributed by atoms with Crippen LogP contribution in [0.25, 0.3) is 5.69 Å². The van der Waals surface area contributed by atoms with Crippen molar-refractivity contribution in [1.82, 2.24) is 14.5 Å². The van der Waals surface area contributed by atoms with Gasteiger partial charge in [0.05, 0.1) is 5.92 Å². The number of carboxylic acids is 1.